The van der Waals surface area contributed by atoms with Gasteiger partial charge < -0.3 is 0 Å². The Morgan fingerprint density at radius 3 is 2.29 bits per heavy atom. The highest BCUT2D eigenvalue weighted by Crippen LogP contribution is 2.20. The topological polar surface area (TPSA) is 38.0 Å². The minimum absolute atomic E-state index is 0.370. The summed E-state index contributed by atoms with van der Waals surface area (Å²) in [6, 6.07) is 6.85. The lowest BCUT2D eigenvalue weighted by Crippen LogP contribution is -2.41. The predicted octanol–water partition coefficient (Wildman–Crippen LogP) is 3.11. The molecular formula is C15H26N2. The minimum atomic E-state index is 0.370. The fourth-order valence-electron chi connectivity index (χ4n) is 2.47. The molecule has 3 N–H and O–H groups in total. The molecule has 0 bridgehead atoms. The summed E-state index contributed by atoms with van der Waals surface area (Å²) < 4.78 is 0. The van der Waals surface area contributed by atoms with E-state index in [1.54, 1.807) is 0 Å². The van der Waals surface area contributed by atoms with Gasteiger partial charge in [-0.2, -0.15) is 0 Å². The maximum absolute atomic E-state index is 5.70. The summed E-state index contributed by atoms with van der Waals surface area (Å²) in [7, 11) is 0. The highest BCUT2D eigenvalue weighted by atomic mass is 15.2. The van der Waals surface area contributed by atoms with E-state index in [4.69, 9.17) is 5.84 Å². The first-order valence-corrected chi connectivity index (χ1v) is 6.61. The summed E-state index contributed by atoms with van der Waals surface area (Å²) in [6.07, 6.45) is 3.46. The minimum Gasteiger partial charge on any atom is -0.271 e. The van der Waals surface area contributed by atoms with Crippen LogP contribution in [0.5, 0.6) is 0 Å². The normalized spacial score (nSPS) is 14.6. The summed E-state index contributed by atoms with van der Waals surface area (Å²) >= 11 is 0. The maximum Gasteiger partial charge on any atom is 0.0276 e. The van der Waals surface area contributed by atoms with Crippen LogP contribution >= 0.6 is 0 Å². The van der Waals surface area contributed by atoms with Crippen LogP contribution in [0.25, 0.3) is 0 Å². The number of aryl methyl sites for hydroxylation is 2. The van der Waals surface area contributed by atoms with E-state index >= 15 is 0 Å². The number of rotatable bonds is 6. The Hall–Kier alpha value is -0.860. The summed E-state index contributed by atoms with van der Waals surface area (Å²) in [5.41, 5.74) is 7.17. The molecule has 1 aromatic rings. The molecule has 0 heterocycles. The van der Waals surface area contributed by atoms with E-state index in [2.05, 4.69) is 51.3 Å². The first kappa shape index (κ1) is 14.2. The predicted molar refractivity (Wildman–Crippen MR) is 74.8 cm³/mol. The highest BCUT2D eigenvalue weighted by Gasteiger charge is 2.17. The zero-order chi connectivity index (χ0) is 12.8. The van der Waals surface area contributed by atoms with Crippen LogP contribution in [0.4, 0.5) is 0 Å². The van der Waals surface area contributed by atoms with Crippen molar-refractivity contribution in [3.8, 4) is 0 Å². The Balaban J connectivity index is 2.80. The number of nitrogens with two attached hydrogens (primary N) is 1. The van der Waals surface area contributed by atoms with Gasteiger partial charge in [-0.1, -0.05) is 38.5 Å². The van der Waals surface area contributed by atoms with Crippen molar-refractivity contribution in [3.05, 3.63) is 34.9 Å². The van der Waals surface area contributed by atoms with Crippen molar-refractivity contribution in [1.82, 2.24) is 5.43 Å². The molecule has 0 radical (unpaired) electrons. The van der Waals surface area contributed by atoms with Gasteiger partial charge in [-0.3, -0.25) is 11.3 Å². The van der Waals surface area contributed by atoms with Crippen molar-refractivity contribution in [1.29, 1.82) is 0 Å². The van der Waals surface area contributed by atoms with E-state index in [1.165, 1.54) is 29.5 Å². The zero-order valence-corrected chi connectivity index (χ0v) is 11.6. The second-order valence-electron chi connectivity index (χ2n) is 5.11. The average molecular weight is 234 g/mol. The molecule has 2 heteroatoms. The van der Waals surface area contributed by atoms with Crippen LogP contribution in [0, 0.1) is 19.8 Å². The van der Waals surface area contributed by atoms with E-state index in [-0.39, 0.29) is 0 Å². The number of hydrogen-bond acceptors (Lipinski definition) is 2. The molecule has 0 aliphatic rings. The molecule has 17 heavy (non-hydrogen) atoms. The Bertz CT molecular complexity index is 327. The molecule has 0 saturated heterocycles. The van der Waals surface area contributed by atoms with E-state index in [9.17, 15) is 0 Å². The summed E-state index contributed by atoms with van der Waals surface area (Å²) in [5, 5.41) is 0. The third kappa shape index (κ3) is 3.83. The van der Waals surface area contributed by atoms with E-state index < -0.39 is 0 Å². The second kappa shape index (κ2) is 6.77. The van der Waals surface area contributed by atoms with Gasteiger partial charge in [0.15, 0.2) is 0 Å². The number of hydrazine groups is 1. The van der Waals surface area contributed by atoms with Crippen LogP contribution in [0.15, 0.2) is 18.2 Å². The summed E-state index contributed by atoms with van der Waals surface area (Å²) in [5.74, 6) is 6.32. The van der Waals surface area contributed by atoms with E-state index in [0.29, 0.717) is 12.0 Å². The fraction of sp³-hybridized carbons (Fsp3) is 0.600. The Kier molecular flexibility index (Phi) is 5.66. The lowest BCUT2D eigenvalue weighted by atomic mass is 9.89. The molecule has 0 fully saturated rings. The SMILES string of the molecule is CCCC(C)C(Cc1c(C)cccc1C)NN. The van der Waals surface area contributed by atoms with Gasteiger partial charge in [-0.25, -0.2) is 0 Å². The number of hydrogen-bond donors (Lipinski definition) is 2. The molecule has 2 unspecified atom stereocenters. The molecule has 2 atom stereocenters. The van der Waals surface area contributed by atoms with Gasteiger partial charge in [-0.05, 0) is 49.3 Å². The summed E-state index contributed by atoms with van der Waals surface area (Å²) in [4.78, 5) is 0. The van der Waals surface area contributed by atoms with Crippen molar-refractivity contribution in [2.75, 3.05) is 0 Å². The van der Waals surface area contributed by atoms with E-state index in [0.717, 1.165) is 6.42 Å². The van der Waals surface area contributed by atoms with Crippen molar-refractivity contribution >= 4 is 0 Å². The molecule has 1 rings (SSSR count). The second-order valence-corrected chi connectivity index (χ2v) is 5.11. The standard InChI is InChI=1S/C15H26N2/c1-5-7-13(4)15(17-16)10-14-11(2)8-6-9-12(14)3/h6,8-9,13,15,17H,5,7,10,16H2,1-4H3. The monoisotopic (exact) mass is 234 g/mol. The van der Waals surface area contributed by atoms with E-state index in [1.807, 2.05) is 0 Å². The molecule has 0 aromatic heterocycles. The first-order valence-electron chi connectivity index (χ1n) is 6.61. The van der Waals surface area contributed by atoms with Gasteiger partial charge in [-0.15, -0.1) is 0 Å². The molecule has 0 aliphatic carbocycles. The van der Waals surface area contributed by atoms with Gasteiger partial charge in [0.05, 0.1) is 0 Å². The third-order valence-electron chi connectivity index (χ3n) is 3.71. The third-order valence-corrected chi connectivity index (χ3v) is 3.71. The molecule has 1 aromatic carbocycles. The average Bonchev–Trinajstić information content (AvgIpc) is 2.29. The van der Waals surface area contributed by atoms with Gasteiger partial charge >= 0.3 is 0 Å². The molecule has 96 valence electrons. The van der Waals surface area contributed by atoms with Gasteiger partial charge in [0.25, 0.3) is 0 Å². The van der Waals surface area contributed by atoms with Gasteiger partial charge in [0.1, 0.15) is 0 Å². The van der Waals surface area contributed by atoms with Gasteiger partial charge in [0, 0.05) is 6.04 Å². The van der Waals surface area contributed by atoms with Crippen LogP contribution < -0.4 is 11.3 Å². The maximum atomic E-state index is 5.70. The van der Waals surface area contributed by atoms with Crippen LogP contribution in [0.2, 0.25) is 0 Å². The summed E-state index contributed by atoms with van der Waals surface area (Å²) in [6.45, 7) is 8.87. The fourth-order valence-corrected chi connectivity index (χ4v) is 2.47. The zero-order valence-electron chi connectivity index (χ0n) is 11.6. The largest absolute Gasteiger partial charge is 0.271 e. The van der Waals surface area contributed by atoms with Gasteiger partial charge in [0.2, 0.25) is 0 Å². The molecule has 0 amide bonds. The van der Waals surface area contributed by atoms with Crippen LogP contribution in [0.3, 0.4) is 0 Å². The Morgan fingerprint density at radius 2 is 1.82 bits per heavy atom. The highest BCUT2D eigenvalue weighted by molar-refractivity contribution is 5.34. The van der Waals surface area contributed by atoms with Crippen molar-refractivity contribution in [2.45, 2.75) is 53.0 Å². The Morgan fingerprint density at radius 1 is 1.24 bits per heavy atom. The lowest BCUT2D eigenvalue weighted by Gasteiger charge is -2.24. The van der Waals surface area contributed by atoms with Crippen LogP contribution in [0.1, 0.15) is 43.4 Å². The van der Waals surface area contributed by atoms with Crippen molar-refractivity contribution in [3.63, 3.8) is 0 Å². The molecule has 0 saturated carbocycles. The van der Waals surface area contributed by atoms with Crippen molar-refractivity contribution in [2.24, 2.45) is 11.8 Å². The lowest BCUT2D eigenvalue weighted by molar-refractivity contribution is 0.356. The molecular weight excluding hydrogens is 208 g/mol. The first-order chi connectivity index (χ1) is 8.10. The Labute approximate surface area is 106 Å². The smallest absolute Gasteiger partial charge is 0.0276 e. The molecule has 0 aliphatic heterocycles. The van der Waals surface area contributed by atoms with Crippen LogP contribution in [-0.4, -0.2) is 6.04 Å². The molecule has 2 nitrogen and oxygen atoms in total. The van der Waals surface area contributed by atoms with Crippen molar-refractivity contribution < 1.29 is 0 Å². The quantitative estimate of drug-likeness (QED) is 0.586. The number of benzene rings is 1. The number of nitrogens with one attached hydrogen (secondary N) is 1. The molecule has 0 spiro atoms. The van der Waals surface area contributed by atoms with Crippen LogP contribution in [-0.2, 0) is 6.42 Å².